The van der Waals surface area contributed by atoms with Crippen molar-refractivity contribution in [3.8, 4) is 5.75 Å². The Morgan fingerprint density at radius 2 is 2.12 bits per heavy atom. The fraction of sp³-hybridized carbons (Fsp3) is 0.263. The lowest BCUT2D eigenvalue weighted by Gasteiger charge is -2.33. The van der Waals surface area contributed by atoms with Crippen LogP contribution in [0.4, 0.5) is 5.69 Å². The second-order valence-corrected chi connectivity index (χ2v) is 5.66. The number of hydrogen-bond acceptors (Lipinski definition) is 4. The quantitative estimate of drug-likeness (QED) is 0.849. The molecular formula is C19H20N2O4. The number of benzene rings is 1. The number of rotatable bonds is 5. The lowest BCUT2D eigenvalue weighted by molar-refractivity contribution is -0.128. The van der Waals surface area contributed by atoms with Gasteiger partial charge in [-0.3, -0.25) is 9.59 Å². The van der Waals surface area contributed by atoms with Crippen molar-refractivity contribution in [3.63, 3.8) is 0 Å². The second kappa shape index (κ2) is 7.70. The minimum atomic E-state index is -0.734. The Labute approximate surface area is 146 Å². The third kappa shape index (κ3) is 3.91. The monoisotopic (exact) mass is 340 g/mol. The van der Waals surface area contributed by atoms with E-state index in [2.05, 4.69) is 5.32 Å². The highest BCUT2D eigenvalue weighted by Crippen LogP contribution is 2.33. The van der Waals surface area contributed by atoms with Crippen molar-refractivity contribution in [3.05, 3.63) is 54.5 Å². The molecule has 130 valence electrons. The molecule has 1 atom stereocenters. The number of furan rings is 1. The van der Waals surface area contributed by atoms with Crippen LogP contribution in [-0.2, 0) is 9.59 Å². The van der Waals surface area contributed by atoms with Crippen LogP contribution in [0.15, 0.2) is 53.2 Å². The number of carbonyl (C=O) groups is 2. The summed E-state index contributed by atoms with van der Waals surface area (Å²) in [6.45, 7) is 2.72. The molecule has 1 aromatic carbocycles. The molecule has 6 heteroatoms. The first-order valence-corrected chi connectivity index (χ1v) is 8.25. The van der Waals surface area contributed by atoms with Crippen LogP contribution in [0.5, 0.6) is 5.75 Å². The number of ether oxygens (including phenoxy) is 1. The summed E-state index contributed by atoms with van der Waals surface area (Å²) in [6, 6.07) is 10.7. The first kappa shape index (κ1) is 16.8. The van der Waals surface area contributed by atoms with E-state index in [4.69, 9.17) is 9.15 Å². The summed E-state index contributed by atoms with van der Waals surface area (Å²) in [5.41, 5.74) is 0.649. The fourth-order valence-corrected chi connectivity index (χ4v) is 2.57. The van der Waals surface area contributed by atoms with Crippen LogP contribution < -0.4 is 15.0 Å². The van der Waals surface area contributed by atoms with Crippen molar-refractivity contribution in [2.24, 2.45) is 0 Å². The van der Waals surface area contributed by atoms with Crippen molar-refractivity contribution in [2.45, 2.75) is 19.4 Å². The largest absolute Gasteiger partial charge is 0.477 e. The van der Waals surface area contributed by atoms with E-state index < -0.39 is 6.10 Å². The van der Waals surface area contributed by atoms with Gasteiger partial charge >= 0.3 is 0 Å². The number of para-hydroxylation sites is 2. The molecule has 25 heavy (non-hydrogen) atoms. The zero-order valence-corrected chi connectivity index (χ0v) is 14.0. The van der Waals surface area contributed by atoms with Gasteiger partial charge in [0, 0.05) is 12.6 Å². The molecule has 1 aliphatic rings. The van der Waals surface area contributed by atoms with Gasteiger partial charge in [0.05, 0.1) is 18.5 Å². The summed E-state index contributed by atoms with van der Waals surface area (Å²) in [5, 5.41) is 2.81. The number of nitrogens with zero attached hydrogens (tertiary/aromatic N) is 1. The van der Waals surface area contributed by atoms with Gasteiger partial charge in [-0.15, -0.1) is 0 Å². The molecule has 2 amide bonds. The minimum absolute atomic E-state index is 0.161. The molecule has 2 heterocycles. The summed E-state index contributed by atoms with van der Waals surface area (Å²) >= 11 is 0. The van der Waals surface area contributed by atoms with Gasteiger partial charge in [-0.1, -0.05) is 19.1 Å². The molecule has 1 aromatic heterocycles. The predicted molar refractivity (Wildman–Crippen MR) is 94.3 cm³/mol. The SMILES string of the molecule is CCCNC(=O)C1CN(C(=O)C=Cc2ccco2)c2ccccc2O1. The molecule has 0 saturated heterocycles. The highest BCUT2D eigenvalue weighted by atomic mass is 16.5. The molecular weight excluding hydrogens is 320 g/mol. The van der Waals surface area contributed by atoms with Gasteiger partial charge in [0.25, 0.3) is 11.8 Å². The molecule has 2 aromatic rings. The van der Waals surface area contributed by atoms with E-state index in [1.807, 2.05) is 19.1 Å². The standard InChI is InChI=1S/C19H20N2O4/c1-2-11-20-19(23)17-13-21(15-7-3-4-8-16(15)25-17)18(22)10-9-14-6-5-12-24-14/h3-10,12,17H,2,11,13H2,1H3,(H,20,23). The first-order valence-electron chi connectivity index (χ1n) is 8.25. The van der Waals surface area contributed by atoms with E-state index in [1.54, 1.807) is 41.5 Å². The van der Waals surface area contributed by atoms with Gasteiger partial charge in [-0.2, -0.15) is 0 Å². The van der Waals surface area contributed by atoms with Crippen molar-refractivity contribution in [1.29, 1.82) is 0 Å². The average Bonchev–Trinajstić information content (AvgIpc) is 3.16. The Balaban J connectivity index is 1.81. The van der Waals surface area contributed by atoms with Crippen LogP contribution in [0.3, 0.4) is 0 Å². The maximum atomic E-state index is 12.6. The highest BCUT2D eigenvalue weighted by molar-refractivity contribution is 6.05. The summed E-state index contributed by atoms with van der Waals surface area (Å²) in [6.07, 6.45) is 4.68. The molecule has 0 saturated carbocycles. The number of fused-ring (bicyclic) bond motifs is 1. The smallest absolute Gasteiger partial charge is 0.262 e. The van der Waals surface area contributed by atoms with Gasteiger partial charge in [0.2, 0.25) is 0 Å². The lowest BCUT2D eigenvalue weighted by atomic mass is 10.1. The Morgan fingerprint density at radius 1 is 1.28 bits per heavy atom. The molecule has 1 unspecified atom stereocenters. The van der Waals surface area contributed by atoms with Crippen LogP contribution in [0.25, 0.3) is 6.08 Å². The second-order valence-electron chi connectivity index (χ2n) is 5.66. The minimum Gasteiger partial charge on any atom is -0.477 e. The van der Waals surface area contributed by atoms with Crippen LogP contribution >= 0.6 is 0 Å². The Kier molecular flexibility index (Phi) is 5.18. The van der Waals surface area contributed by atoms with E-state index in [0.717, 1.165) is 6.42 Å². The van der Waals surface area contributed by atoms with Crippen molar-refractivity contribution in [1.82, 2.24) is 5.32 Å². The van der Waals surface area contributed by atoms with Gasteiger partial charge < -0.3 is 19.4 Å². The topological polar surface area (TPSA) is 71.8 Å². The van der Waals surface area contributed by atoms with Crippen molar-refractivity contribution < 1.29 is 18.7 Å². The fourth-order valence-electron chi connectivity index (χ4n) is 2.57. The van der Waals surface area contributed by atoms with Gasteiger partial charge in [0.15, 0.2) is 6.10 Å². The molecule has 0 radical (unpaired) electrons. The molecule has 1 N–H and O–H groups in total. The number of hydrogen-bond donors (Lipinski definition) is 1. The average molecular weight is 340 g/mol. The Hall–Kier alpha value is -3.02. The zero-order chi connectivity index (χ0) is 17.6. The van der Waals surface area contributed by atoms with Gasteiger partial charge in [-0.25, -0.2) is 0 Å². The molecule has 3 rings (SSSR count). The number of amides is 2. The maximum Gasteiger partial charge on any atom is 0.262 e. The number of anilines is 1. The molecule has 0 bridgehead atoms. The summed E-state index contributed by atoms with van der Waals surface area (Å²) in [4.78, 5) is 26.5. The van der Waals surface area contributed by atoms with E-state index in [0.29, 0.717) is 23.7 Å². The van der Waals surface area contributed by atoms with E-state index in [1.165, 1.54) is 6.08 Å². The van der Waals surface area contributed by atoms with Gasteiger partial charge in [-0.05, 0) is 36.8 Å². The Bertz CT molecular complexity index is 767. The third-order valence-electron chi connectivity index (χ3n) is 3.81. The zero-order valence-electron chi connectivity index (χ0n) is 14.0. The van der Waals surface area contributed by atoms with Crippen LogP contribution in [-0.4, -0.2) is 31.0 Å². The van der Waals surface area contributed by atoms with Crippen molar-refractivity contribution >= 4 is 23.6 Å². The molecule has 1 aliphatic heterocycles. The summed E-state index contributed by atoms with van der Waals surface area (Å²) in [7, 11) is 0. The highest BCUT2D eigenvalue weighted by Gasteiger charge is 2.32. The van der Waals surface area contributed by atoms with E-state index >= 15 is 0 Å². The Morgan fingerprint density at radius 3 is 2.88 bits per heavy atom. The number of nitrogens with one attached hydrogen (secondary N) is 1. The van der Waals surface area contributed by atoms with Crippen LogP contribution in [0, 0.1) is 0 Å². The molecule has 0 aliphatic carbocycles. The van der Waals surface area contributed by atoms with E-state index in [9.17, 15) is 9.59 Å². The number of carbonyl (C=O) groups excluding carboxylic acids is 2. The third-order valence-corrected chi connectivity index (χ3v) is 3.81. The lowest BCUT2D eigenvalue weighted by Crippen LogP contribution is -2.50. The predicted octanol–water partition coefficient (Wildman–Crippen LogP) is 2.61. The normalized spacial score (nSPS) is 16.4. The first-order chi connectivity index (χ1) is 12.2. The molecule has 0 spiro atoms. The van der Waals surface area contributed by atoms with Crippen LogP contribution in [0.1, 0.15) is 19.1 Å². The van der Waals surface area contributed by atoms with Gasteiger partial charge in [0.1, 0.15) is 11.5 Å². The molecule has 0 fully saturated rings. The summed E-state index contributed by atoms with van der Waals surface area (Å²) < 4.78 is 11.0. The van der Waals surface area contributed by atoms with E-state index in [-0.39, 0.29) is 18.4 Å². The summed E-state index contributed by atoms with van der Waals surface area (Å²) in [5.74, 6) is 0.655. The van der Waals surface area contributed by atoms with Crippen LogP contribution in [0.2, 0.25) is 0 Å². The van der Waals surface area contributed by atoms with Crippen molar-refractivity contribution in [2.75, 3.05) is 18.0 Å². The molecule has 6 nitrogen and oxygen atoms in total. The maximum absolute atomic E-state index is 12.6.